The zero-order chi connectivity index (χ0) is 35.9. The van der Waals surface area contributed by atoms with Crippen molar-refractivity contribution in [1.29, 1.82) is 0 Å². The largest absolute Gasteiger partial charge is 0.462 e. The maximum absolute atomic E-state index is 12.3. The third-order valence-corrected chi connectivity index (χ3v) is 20.5. The standard InChI is InChI=1S/C41H68O5Si2/c1-13-15-16-23-36(45-47(9,10)40(3,4)5)31-24-26-32(27-25-31)38-34(35(42)29-37(38)46-48(11,12)41(6,7)8)22-18-20-30-19-17-21-33(28-30)39(43)44-14-2/h17,19,21,24-28,34-38,42H,13-16,18,20,22-23,29H2,1-12H3/t34?,35-,36?,37-,38+/m0/s1. The third-order valence-electron chi connectivity index (χ3n) is 11.5. The van der Waals surface area contributed by atoms with Gasteiger partial charge in [-0.1, -0.05) is 104 Å². The highest BCUT2D eigenvalue weighted by Gasteiger charge is 2.48. The van der Waals surface area contributed by atoms with Crippen molar-refractivity contribution >= 4 is 22.6 Å². The molecule has 5 nitrogen and oxygen atoms in total. The molecule has 0 heterocycles. The van der Waals surface area contributed by atoms with E-state index < -0.39 is 22.7 Å². The molecule has 2 unspecified atom stereocenters. The van der Waals surface area contributed by atoms with Crippen LogP contribution in [-0.2, 0) is 20.0 Å². The van der Waals surface area contributed by atoms with Crippen LogP contribution in [0.5, 0.6) is 0 Å². The molecule has 0 saturated heterocycles. The van der Waals surface area contributed by atoms with Gasteiger partial charge in [-0.3, -0.25) is 0 Å². The van der Waals surface area contributed by atoms with Crippen LogP contribution < -0.4 is 0 Å². The van der Waals surface area contributed by atoms with E-state index in [0.29, 0.717) is 18.6 Å². The van der Waals surface area contributed by atoms with E-state index >= 15 is 0 Å². The first-order valence-electron chi connectivity index (χ1n) is 18.7. The van der Waals surface area contributed by atoms with Crippen LogP contribution in [0.15, 0.2) is 48.5 Å². The second kappa shape index (κ2) is 17.0. The van der Waals surface area contributed by atoms with Crippen molar-refractivity contribution in [2.24, 2.45) is 5.92 Å². The van der Waals surface area contributed by atoms with Crippen molar-refractivity contribution in [3.8, 4) is 0 Å². The topological polar surface area (TPSA) is 65.0 Å². The minimum absolute atomic E-state index is 0.0206. The van der Waals surface area contributed by atoms with Crippen molar-refractivity contribution in [1.82, 2.24) is 0 Å². The molecule has 5 atom stereocenters. The van der Waals surface area contributed by atoms with Crippen molar-refractivity contribution in [3.05, 3.63) is 70.8 Å². The quantitative estimate of drug-likeness (QED) is 0.107. The fraction of sp³-hybridized carbons (Fsp3) is 0.683. The average molecular weight is 697 g/mol. The van der Waals surface area contributed by atoms with Gasteiger partial charge in [-0.2, -0.15) is 0 Å². The summed E-state index contributed by atoms with van der Waals surface area (Å²) in [6.07, 6.45) is 7.61. The van der Waals surface area contributed by atoms with Gasteiger partial charge in [0.2, 0.25) is 0 Å². The van der Waals surface area contributed by atoms with E-state index in [1.807, 2.05) is 25.1 Å². The van der Waals surface area contributed by atoms with E-state index in [1.54, 1.807) is 0 Å². The van der Waals surface area contributed by atoms with Crippen LogP contribution in [-0.4, -0.2) is 46.5 Å². The highest BCUT2D eigenvalue weighted by molar-refractivity contribution is 6.74. The number of hydrogen-bond acceptors (Lipinski definition) is 5. The second-order valence-corrected chi connectivity index (χ2v) is 26.8. The number of benzene rings is 2. The molecule has 0 bridgehead atoms. The molecular formula is C41H68O5Si2. The smallest absolute Gasteiger partial charge is 0.338 e. The number of esters is 1. The van der Waals surface area contributed by atoms with Gasteiger partial charge in [0, 0.05) is 5.92 Å². The van der Waals surface area contributed by atoms with Gasteiger partial charge in [0.25, 0.3) is 0 Å². The van der Waals surface area contributed by atoms with Crippen molar-refractivity contribution in [2.75, 3.05) is 6.61 Å². The zero-order valence-corrected chi connectivity index (χ0v) is 34.4. The molecule has 1 aliphatic carbocycles. The fourth-order valence-corrected chi connectivity index (χ4v) is 9.21. The van der Waals surface area contributed by atoms with Crippen LogP contribution in [0, 0.1) is 5.92 Å². The molecule has 48 heavy (non-hydrogen) atoms. The average Bonchev–Trinajstić information content (AvgIpc) is 3.29. The molecule has 0 spiro atoms. The fourth-order valence-electron chi connectivity index (χ4n) is 6.53. The van der Waals surface area contributed by atoms with Crippen LogP contribution in [0.4, 0.5) is 0 Å². The summed E-state index contributed by atoms with van der Waals surface area (Å²) in [4.78, 5) is 12.3. The van der Waals surface area contributed by atoms with Gasteiger partial charge in [0.05, 0.1) is 30.5 Å². The molecule has 0 radical (unpaired) electrons. The van der Waals surface area contributed by atoms with Crippen molar-refractivity contribution in [2.45, 2.75) is 167 Å². The van der Waals surface area contributed by atoms with Crippen LogP contribution in [0.25, 0.3) is 0 Å². The number of unbranched alkanes of at least 4 members (excludes halogenated alkanes) is 2. The third kappa shape index (κ3) is 10.6. The Balaban J connectivity index is 1.89. The lowest BCUT2D eigenvalue weighted by atomic mass is 9.83. The number of aliphatic hydroxyl groups excluding tert-OH is 1. The van der Waals surface area contributed by atoms with Gasteiger partial charge in [-0.25, -0.2) is 4.79 Å². The molecule has 0 amide bonds. The van der Waals surface area contributed by atoms with E-state index in [1.165, 1.54) is 30.4 Å². The van der Waals surface area contributed by atoms with E-state index in [4.69, 9.17) is 13.6 Å². The number of ether oxygens (including phenoxy) is 1. The Morgan fingerprint density at radius 1 is 0.896 bits per heavy atom. The molecule has 2 aromatic rings. The van der Waals surface area contributed by atoms with E-state index in [-0.39, 0.29) is 40.1 Å². The lowest BCUT2D eigenvalue weighted by molar-refractivity contribution is 0.0526. The van der Waals surface area contributed by atoms with E-state index in [9.17, 15) is 9.90 Å². The first-order chi connectivity index (χ1) is 22.3. The van der Waals surface area contributed by atoms with Gasteiger partial charge in [0.1, 0.15) is 0 Å². The number of aliphatic hydroxyl groups is 1. The Hall–Kier alpha value is -1.78. The Bertz CT molecular complexity index is 1290. The molecule has 7 heteroatoms. The molecule has 2 aromatic carbocycles. The van der Waals surface area contributed by atoms with Crippen LogP contribution in [0.3, 0.4) is 0 Å². The van der Waals surface area contributed by atoms with Crippen LogP contribution in [0.1, 0.15) is 139 Å². The number of hydrogen-bond donors (Lipinski definition) is 1. The minimum Gasteiger partial charge on any atom is -0.462 e. The molecule has 1 aliphatic rings. The summed E-state index contributed by atoms with van der Waals surface area (Å²) in [5.74, 6) is -0.0569. The predicted octanol–water partition coefficient (Wildman–Crippen LogP) is 11.4. The SMILES string of the molecule is CCCCCC(O[Si](C)(C)C(C)(C)C)c1ccc([C@@H]2C(CCCc3cccc(C(=O)OCC)c3)[C@@H](O)C[C@@H]2O[Si](C)(C)C(C)(C)C)cc1. The highest BCUT2D eigenvalue weighted by Crippen LogP contribution is 2.48. The number of carbonyl (C=O) groups is 1. The molecule has 1 N–H and O–H groups in total. The summed E-state index contributed by atoms with van der Waals surface area (Å²) in [5, 5.41) is 11.8. The summed E-state index contributed by atoms with van der Waals surface area (Å²) in [6.45, 7) is 27.6. The van der Waals surface area contributed by atoms with Crippen LogP contribution in [0.2, 0.25) is 36.3 Å². The van der Waals surface area contributed by atoms with Crippen LogP contribution >= 0.6 is 0 Å². The normalized spacial score (nSPS) is 21.4. The molecule has 1 fully saturated rings. The first kappa shape index (κ1) is 40.7. The number of aryl methyl sites for hydroxylation is 1. The Kier molecular flexibility index (Phi) is 14.4. The summed E-state index contributed by atoms with van der Waals surface area (Å²) >= 11 is 0. The van der Waals surface area contributed by atoms with Gasteiger partial charge >= 0.3 is 5.97 Å². The Morgan fingerprint density at radius 3 is 2.12 bits per heavy atom. The molecule has 1 saturated carbocycles. The van der Waals surface area contributed by atoms with E-state index in [0.717, 1.165) is 31.2 Å². The zero-order valence-electron chi connectivity index (χ0n) is 32.4. The summed E-state index contributed by atoms with van der Waals surface area (Å²) in [7, 11) is -4.03. The van der Waals surface area contributed by atoms with E-state index in [2.05, 4.69) is 105 Å². The monoisotopic (exact) mass is 696 g/mol. The summed E-state index contributed by atoms with van der Waals surface area (Å²) in [6, 6.07) is 17.0. The van der Waals surface area contributed by atoms with Crippen molar-refractivity contribution in [3.63, 3.8) is 0 Å². The van der Waals surface area contributed by atoms with Gasteiger partial charge in [0.15, 0.2) is 16.6 Å². The molecule has 0 aliphatic heterocycles. The summed E-state index contributed by atoms with van der Waals surface area (Å²) < 4.78 is 19.4. The Morgan fingerprint density at radius 2 is 1.54 bits per heavy atom. The van der Waals surface area contributed by atoms with Crippen molar-refractivity contribution < 1.29 is 23.5 Å². The second-order valence-electron chi connectivity index (χ2n) is 17.3. The molecule has 270 valence electrons. The summed E-state index contributed by atoms with van der Waals surface area (Å²) in [5.41, 5.74) is 4.24. The lowest BCUT2D eigenvalue weighted by Crippen LogP contribution is -2.44. The van der Waals surface area contributed by atoms with Gasteiger partial charge < -0.3 is 18.7 Å². The highest BCUT2D eigenvalue weighted by atomic mass is 28.4. The molecule has 0 aromatic heterocycles. The predicted molar refractivity (Wildman–Crippen MR) is 206 cm³/mol. The Labute approximate surface area is 295 Å². The first-order valence-corrected chi connectivity index (χ1v) is 24.5. The molecule has 3 rings (SSSR count). The maximum atomic E-state index is 12.3. The van der Waals surface area contributed by atoms with Gasteiger partial charge in [-0.05, 0) is 110 Å². The maximum Gasteiger partial charge on any atom is 0.338 e. The number of carbonyl (C=O) groups excluding carboxylic acids is 1. The van der Waals surface area contributed by atoms with Gasteiger partial charge in [-0.15, -0.1) is 0 Å². The number of rotatable bonds is 16. The molecular weight excluding hydrogens is 629 g/mol. The minimum atomic E-state index is -2.07. The lowest BCUT2D eigenvalue weighted by Gasteiger charge is -2.40.